The van der Waals surface area contributed by atoms with Crippen LogP contribution in [0.15, 0.2) is 47.4 Å². The molecule has 1 heterocycles. The first-order valence-corrected chi connectivity index (χ1v) is 8.47. The van der Waals surface area contributed by atoms with Crippen molar-refractivity contribution in [2.45, 2.75) is 0 Å². The van der Waals surface area contributed by atoms with E-state index in [9.17, 15) is 9.18 Å². The minimum Gasteiger partial charge on any atom is -0.496 e. The normalized spacial score (nSPS) is 16.1. The van der Waals surface area contributed by atoms with Crippen LogP contribution < -0.4 is 9.64 Å². The van der Waals surface area contributed by atoms with Crippen molar-refractivity contribution in [2.24, 2.45) is 0 Å². The van der Waals surface area contributed by atoms with E-state index in [1.807, 2.05) is 24.3 Å². The molecule has 1 aliphatic rings. The zero-order valence-corrected chi connectivity index (χ0v) is 14.8. The highest BCUT2D eigenvalue weighted by atomic mass is 35.5. The van der Waals surface area contributed by atoms with Gasteiger partial charge in [0.1, 0.15) is 11.6 Å². The van der Waals surface area contributed by atoms with Gasteiger partial charge in [0.05, 0.1) is 22.7 Å². The second-order valence-electron chi connectivity index (χ2n) is 4.86. The molecular weight excluding hydrogens is 369 g/mol. The van der Waals surface area contributed by atoms with E-state index in [2.05, 4.69) is 0 Å². The van der Waals surface area contributed by atoms with Crippen molar-refractivity contribution in [1.29, 1.82) is 0 Å². The molecule has 0 saturated carbocycles. The van der Waals surface area contributed by atoms with Crippen molar-refractivity contribution in [3.8, 4) is 5.75 Å². The summed E-state index contributed by atoms with van der Waals surface area (Å²) >= 11 is 12.3. The van der Waals surface area contributed by atoms with Crippen molar-refractivity contribution >= 4 is 57.6 Å². The topological polar surface area (TPSA) is 29.5 Å². The molecular formula is C17H11ClFNO2S2. The van der Waals surface area contributed by atoms with Gasteiger partial charge in [-0.25, -0.2) is 4.39 Å². The summed E-state index contributed by atoms with van der Waals surface area (Å²) in [6.07, 6.45) is 1.73. The lowest BCUT2D eigenvalue weighted by Crippen LogP contribution is -2.27. The molecule has 0 atom stereocenters. The van der Waals surface area contributed by atoms with E-state index in [1.54, 1.807) is 13.2 Å². The summed E-state index contributed by atoms with van der Waals surface area (Å²) in [6, 6.07) is 11.4. The number of para-hydroxylation sites is 1. The van der Waals surface area contributed by atoms with E-state index >= 15 is 0 Å². The number of carbonyl (C=O) groups excluding carboxylic acids is 1. The summed E-state index contributed by atoms with van der Waals surface area (Å²) in [4.78, 5) is 14.5. The first kappa shape index (κ1) is 17.0. The fraction of sp³-hybridized carbons (Fsp3) is 0.0588. The molecule has 7 heteroatoms. The Morgan fingerprint density at radius 3 is 2.75 bits per heavy atom. The van der Waals surface area contributed by atoms with Crippen LogP contribution in [-0.2, 0) is 4.79 Å². The first-order valence-electron chi connectivity index (χ1n) is 6.87. The predicted molar refractivity (Wildman–Crippen MR) is 100 cm³/mol. The second kappa shape index (κ2) is 6.93. The number of thiocarbonyl (C=S) groups is 1. The molecule has 122 valence electrons. The molecule has 0 radical (unpaired) electrons. The van der Waals surface area contributed by atoms with Crippen LogP contribution in [0.4, 0.5) is 10.1 Å². The van der Waals surface area contributed by atoms with Gasteiger partial charge in [0, 0.05) is 5.56 Å². The number of methoxy groups -OCH3 is 1. The quantitative estimate of drug-likeness (QED) is 0.560. The van der Waals surface area contributed by atoms with Crippen LogP contribution in [0.25, 0.3) is 6.08 Å². The molecule has 0 aromatic heterocycles. The Labute approximate surface area is 153 Å². The average molecular weight is 380 g/mol. The van der Waals surface area contributed by atoms with E-state index < -0.39 is 5.82 Å². The molecule has 0 spiro atoms. The smallest absolute Gasteiger partial charge is 0.270 e. The summed E-state index contributed by atoms with van der Waals surface area (Å²) in [6.45, 7) is 0. The Morgan fingerprint density at radius 2 is 2.04 bits per heavy atom. The van der Waals surface area contributed by atoms with Gasteiger partial charge in [-0.05, 0) is 30.3 Å². The summed E-state index contributed by atoms with van der Waals surface area (Å²) in [5.74, 6) is -0.165. The van der Waals surface area contributed by atoms with Crippen LogP contribution in [0.3, 0.4) is 0 Å². The molecule has 2 aromatic carbocycles. The summed E-state index contributed by atoms with van der Waals surface area (Å²) < 4.78 is 19.0. The Hall–Kier alpha value is -1.89. The fourth-order valence-electron chi connectivity index (χ4n) is 2.24. The standard InChI is InChI=1S/C17H11ClFNO2S2/c1-22-14-5-3-2-4-10(14)8-15-16(21)20(17(23)24-15)11-6-7-13(19)12(18)9-11/h2-9H,1H3/b15-8+. The molecule has 0 N–H and O–H groups in total. The van der Waals surface area contributed by atoms with Gasteiger partial charge in [0.2, 0.25) is 0 Å². The van der Waals surface area contributed by atoms with Gasteiger partial charge in [-0.1, -0.05) is 53.8 Å². The van der Waals surface area contributed by atoms with Gasteiger partial charge in [-0.2, -0.15) is 0 Å². The van der Waals surface area contributed by atoms with E-state index in [0.29, 0.717) is 20.7 Å². The first-order chi connectivity index (χ1) is 11.5. The lowest BCUT2D eigenvalue weighted by Gasteiger charge is -2.14. The van der Waals surface area contributed by atoms with E-state index in [4.69, 9.17) is 28.6 Å². The zero-order valence-electron chi connectivity index (χ0n) is 12.5. The van der Waals surface area contributed by atoms with E-state index in [1.165, 1.54) is 34.9 Å². The van der Waals surface area contributed by atoms with Crippen LogP contribution in [-0.4, -0.2) is 17.3 Å². The second-order valence-corrected chi connectivity index (χ2v) is 6.94. The fourth-order valence-corrected chi connectivity index (χ4v) is 3.71. The summed E-state index contributed by atoms with van der Waals surface area (Å²) in [7, 11) is 1.57. The van der Waals surface area contributed by atoms with Crippen LogP contribution in [0.1, 0.15) is 5.56 Å². The predicted octanol–water partition coefficient (Wildman–Crippen LogP) is 4.89. The van der Waals surface area contributed by atoms with Gasteiger partial charge in [0.25, 0.3) is 5.91 Å². The highest BCUT2D eigenvalue weighted by Crippen LogP contribution is 2.37. The molecule has 3 rings (SSSR count). The molecule has 0 aliphatic carbocycles. The Morgan fingerprint density at radius 1 is 1.29 bits per heavy atom. The number of carbonyl (C=O) groups is 1. The summed E-state index contributed by atoms with van der Waals surface area (Å²) in [5.41, 5.74) is 1.21. The van der Waals surface area contributed by atoms with Crippen molar-refractivity contribution in [3.05, 3.63) is 63.8 Å². The highest BCUT2D eigenvalue weighted by Gasteiger charge is 2.33. The van der Waals surface area contributed by atoms with Crippen LogP contribution >= 0.6 is 35.6 Å². The number of thioether (sulfide) groups is 1. The Balaban J connectivity index is 1.97. The minimum atomic E-state index is -0.546. The van der Waals surface area contributed by atoms with Crippen molar-refractivity contribution in [2.75, 3.05) is 12.0 Å². The maximum absolute atomic E-state index is 13.3. The third-order valence-corrected chi connectivity index (χ3v) is 4.97. The lowest BCUT2D eigenvalue weighted by molar-refractivity contribution is -0.113. The molecule has 1 saturated heterocycles. The van der Waals surface area contributed by atoms with Gasteiger partial charge >= 0.3 is 0 Å². The number of benzene rings is 2. The van der Waals surface area contributed by atoms with Gasteiger partial charge in [-0.15, -0.1) is 0 Å². The van der Waals surface area contributed by atoms with Gasteiger partial charge in [-0.3, -0.25) is 9.69 Å². The average Bonchev–Trinajstić information content (AvgIpc) is 2.85. The highest BCUT2D eigenvalue weighted by molar-refractivity contribution is 8.27. The van der Waals surface area contributed by atoms with Crippen molar-refractivity contribution in [3.63, 3.8) is 0 Å². The number of halogens is 2. The number of hydrogen-bond donors (Lipinski definition) is 0. The molecule has 0 unspecified atom stereocenters. The number of nitrogens with zero attached hydrogens (tertiary/aromatic N) is 1. The molecule has 1 amide bonds. The molecule has 1 fully saturated rings. The number of rotatable bonds is 3. The molecule has 2 aromatic rings. The van der Waals surface area contributed by atoms with Crippen molar-refractivity contribution < 1.29 is 13.9 Å². The number of amides is 1. The maximum atomic E-state index is 13.3. The zero-order chi connectivity index (χ0) is 17.3. The van der Waals surface area contributed by atoms with Gasteiger partial charge in [0.15, 0.2) is 4.32 Å². The maximum Gasteiger partial charge on any atom is 0.270 e. The number of ether oxygens (including phenoxy) is 1. The Bertz CT molecular complexity index is 869. The third-order valence-electron chi connectivity index (χ3n) is 3.38. The lowest BCUT2D eigenvalue weighted by atomic mass is 10.2. The molecule has 3 nitrogen and oxygen atoms in total. The SMILES string of the molecule is COc1ccccc1/C=C1/SC(=S)N(c2ccc(F)c(Cl)c2)C1=O. The third kappa shape index (κ3) is 3.17. The minimum absolute atomic E-state index is 0.0599. The molecule has 24 heavy (non-hydrogen) atoms. The number of anilines is 1. The Kier molecular flexibility index (Phi) is 4.89. The monoisotopic (exact) mass is 379 g/mol. The number of hydrogen-bond acceptors (Lipinski definition) is 4. The molecule has 0 bridgehead atoms. The summed E-state index contributed by atoms with van der Waals surface area (Å²) in [5, 5.41) is -0.0599. The van der Waals surface area contributed by atoms with Crippen LogP contribution in [0.5, 0.6) is 5.75 Å². The van der Waals surface area contributed by atoms with Crippen molar-refractivity contribution in [1.82, 2.24) is 0 Å². The van der Waals surface area contributed by atoms with E-state index in [0.717, 1.165) is 5.56 Å². The van der Waals surface area contributed by atoms with Crippen LogP contribution in [0, 0.1) is 5.82 Å². The van der Waals surface area contributed by atoms with E-state index in [-0.39, 0.29) is 10.9 Å². The van der Waals surface area contributed by atoms with Crippen LogP contribution in [0.2, 0.25) is 5.02 Å². The largest absolute Gasteiger partial charge is 0.496 e. The molecule has 1 aliphatic heterocycles. The van der Waals surface area contributed by atoms with Gasteiger partial charge < -0.3 is 4.74 Å².